The molecule has 0 radical (unpaired) electrons. The SMILES string of the molecule is CCOC(COc1ccc2ccccc2c1Cl)OCC. The summed E-state index contributed by atoms with van der Waals surface area (Å²) in [5, 5.41) is 2.70. The molecule has 0 aliphatic rings. The fourth-order valence-electron chi connectivity index (χ4n) is 2.00. The molecule has 0 unspecified atom stereocenters. The average molecular weight is 295 g/mol. The number of rotatable bonds is 7. The van der Waals surface area contributed by atoms with Crippen molar-refractivity contribution in [3.63, 3.8) is 0 Å². The first-order chi connectivity index (χ1) is 9.76. The van der Waals surface area contributed by atoms with Crippen LogP contribution in [0.3, 0.4) is 0 Å². The summed E-state index contributed by atoms with van der Waals surface area (Å²) in [5.41, 5.74) is 0. The summed E-state index contributed by atoms with van der Waals surface area (Å²) in [5.74, 6) is 0.648. The Labute approximate surface area is 124 Å². The van der Waals surface area contributed by atoms with Crippen molar-refractivity contribution in [2.45, 2.75) is 20.1 Å². The molecule has 0 saturated heterocycles. The molecule has 2 aromatic carbocycles. The zero-order valence-corrected chi connectivity index (χ0v) is 12.5. The van der Waals surface area contributed by atoms with Gasteiger partial charge in [0.25, 0.3) is 0 Å². The lowest BCUT2D eigenvalue weighted by Crippen LogP contribution is -2.25. The zero-order chi connectivity index (χ0) is 14.4. The number of fused-ring (bicyclic) bond motifs is 1. The maximum atomic E-state index is 6.37. The predicted molar refractivity (Wildman–Crippen MR) is 81.5 cm³/mol. The number of ether oxygens (including phenoxy) is 3. The summed E-state index contributed by atoms with van der Waals surface area (Å²) < 4.78 is 16.6. The molecule has 0 atom stereocenters. The molecule has 0 bridgehead atoms. The minimum Gasteiger partial charge on any atom is -0.487 e. The molecule has 0 saturated carbocycles. The molecule has 0 spiro atoms. The van der Waals surface area contributed by atoms with Gasteiger partial charge in [0.1, 0.15) is 12.4 Å². The molecule has 2 rings (SSSR count). The van der Waals surface area contributed by atoms with Crippen molar-refractivity contribution in [1.29, 1.82) is 0 Å². The largest absolute Gasteiger partial charge is 0.487 e. The third-order valence-corrected chi connectivity index (χ3v) is 3.30. The van der Waals surface area contributed by atoms with Crippen LogP contribution in [0.25, 0.3) is 10.8 Å². The highest BCUT2D eigenvalue weighted by Gasteiger charge is 2.11. The number of benzene rings is 2. The van der Waals surface area contributed by atoms with E-state index in [1.807, 2.05) is 50.2 Å². The van der Waals surface area contributed by atoms with Gasteiger partial charge in [-0.3, -0.25) is 0 Å². The van der Waals surface area contributed by atoms with Crippen molar-refractivity contribution in [2.75, 3.05) is 19.8 Å². The molecule has 2 aromatic rings. The van der Waals surface area contributed by atoms with Crippen molar-refractivity contribution >= 4 is 22.4 Å². The monoisotopic (exact) mass is 294 g/mol. The Morgan fingerprint density at radius 3 is 2.40 bits per heavy atom. The first-order valence-electron chi connectivity index (χ1n) is 6.79. The van der Waals surface area contributed by atoms with Crippen LogP contribution < -0.4 is 4.74 Å². The van der Waals surface area contributed by atoms with Gasteiger partial charge in [-0.05, 0) is 25.3 Å². The average Bonchev–Trinajstić information content (AvgIpc) is 2.47. The van der Waals surface area contributed by atoms with Crippen LogP contribution in [0.1, 0.15) is 13.8 Å². The highest BCUT2D eigenvalue weighted by molar-refractivity contribution is 6.37. The zero-order valence-electron chi connectivity index (χ0n) is 11.8. The fraction of sp³-hybridized carbons (Fsp3) is 0.375. The molecular formula is C16H19ClO3. The Kier molecular flexibility index (Phi) is 5.65. The smallest absolute Gasteiger partial charge is 0.191 e. The van der Waals surface area contributed by atoms with Gasteiger partial charge in [0.05, 0.1) is 5.02 Å². The molecule has 3 nitrogen and oxygen atoms in total. The van der Waals surface area contributed by atoms with Crippen LogP contribution in [0.2, 0.25) is 5.02 Å². The lowest BCUT2D eigenvalue weighted by atomic mass is 10.1. The molecule has 0 aromatic heterocycles. The molecule has 0 amide bonds. The molecule has 0 heterocycles. The van der Waals surface area contributed by atoms with E-state index in [0.29, 0.717) is 30.6 Å². The number of hydrogen-bond acceptors (Lipinski definition) is 3. The van der Waals surface area contributed by atoms with Crippen LogP contribution in [0.4, 0.5) is 0 Å². The lowest BCUT2D eigenvalue weighted by molar-refractivity contribution is -0.152. The second-order valence-corrected chi connectivity index (χ2v) is 4.63. The summed E-state index contributed by atoms with van der Waals surface area (Å²) in [6.07, 6.45) is -0.368. The Balaban J connectivity index is 2.11. The van der Waals surface area contributed by atoms with Gasteiger partial charge in [0.2, 0.25) is 0 Å². The Hall–Kier alpha value is -1.29. The minimum absolute atomic E-state index is 0.319. The topological polar surface area (TPSA) is 27.7 Å². The summed E-state index contributed by atoms with van der Waals surface area (Å²) in [6, 6.07) is 11.8. The quantitative estimate of drug-likeness (QED) is 0.714. The van der Waals surface area contributed by atoms with E-state index in [0.717, 1.165) is 10.8 Å². The molecule has 0 aliphatic heterocycles. The van der Waals surface area contributed by atoms with E-state index < -0.39 is 0 Å². The van der Waals surface area contributed by atoms with E-state index in [9.17, 15) is 0 Å². The maximum absolute atomic E-state index is 6.37. The fourth-order valence-corrected chi connectivity index (χ4v) is 2.29. The summed E-state index contributed by atoms with van der Waals surface area (Å²) in [4.78, 5) is 0. The van der Waals surface area contributed by atoms with Crippen molar-refractivity contribution in [1.82, 2.24) is 0 Å². The highest BCUT2D eigenvalue weighted by atomic mass is 35.5. The van der Waals surface area contributed by atoms with Crippen molar-refractivity contribution in [3.8, 4) is 5.75 Å². The molecule has 0 N–H and O–H groups in total. The van der Waals surface area contributed by atoms with Crippen LogP contribution >= 0.6 is 11.6 Å². The number of halogens is 1. The van der Waals surface area contributed by atoms with E-state index in [1.54, 1.807) is 0 Å². The molecule has 0 fully saturated rings. The lowest BCUT2D eigenvalue weighted by Gasteiger charge is -2.18. The van der Waals surface area contributed by atoms with Gasteiger partial charge in [-0.2, -0.15) is 0 Å². The summed E-state index contributed by atoms with van der Waals surface area (Å²) >= 11 is 6.37. The Morgan fingerprint density at radius 1 is 1.00 bits per heavy atom. The van der Waals surface area contributed by atoms with E-state index in [1.165, 1.54) is 0 Å². The summed E-state index contributed by atoms with van der Waals surface area (Å²) in [6.45, 7) is 5.34. The first-order valence-corrected chi connectivity index (χ1v) is 7.17. The van der Waals surface area contributed by atoms with Crippen molar-refractivity contribution < 1.29 is 14.2 Å². The summed E-state index contributed by atoms with van der Waals surface area (Å²) in [7, 11) is 0. The Bertz CT molecular complexity index is 550. The first kappa shape index (κ1) is 15.1. The van der Waals surface area contributed by atoms with Crippen LogP contribution in [-0.4, -0.2) is 26.1 Å². The minimum atomic E-state index is -0.368. The van der Waals surface area contributed by atoms with Crippen LogP contribution in [0.15, 0.2) is 36.4 Å². The van der Waals surface area contributed by atoms with Crippen molar-refractivity contribution in [2.24, 2.45) is 0 Å². The molecular weight excluding hydrogens is 276 g/mol. The predicted octanol–water partition coefficient (Wildman–Crippen LogP) is 4.27. The second kappa shape index (κ2) is 7.48. The molecule has 0 aliphatic carbocycles. The van der Waals surface area contributed by atoms with E-state index >= 15 is 0 Å². The molecule has 108 valence electrons. The highest BCUT2D eigenvalue weighted by Crippen LogP contribution is 2.32. The van der Waals surface area contributed by atoms with E-state index in [4.69, 9.17) is 25.8 Å². The molecule has 20 heavy (non-hydrogen) atoms. The van der Waals surface area contributed by atoms with Gasteiger partial charge in [-0.25, -0.2) is 0 Å². The second-order valence-electron chi connectivity index (χ2n) is 4.25. The normalized spacial score (nSPS) is 11.2. The number of hydrogen-bond donors (Lipinski definition) is 0. The van der Waals surface area contributed by atoms with Gasteiger partial charge in [-0.15, -0.1) is 0 Å². The van der Waals surface area contributed by atoms with Gasteiger partial charge in [0, 0.05) is 18.6 Å². The van der Waals surface area contributed by atoms with Gasteiger partial charge in [-0.1, -0.05) is 41.9 Å². The van der Waals surface area contributed by atoms with E-state index in [2.05, 4.69) is 0 Å². The third kappa shape index (κ3) is 3.63. The Morgan fingerprint density at radius 2 is 1.70 bits per heavy atom. The maximum Gasteiger partial charge on any atom is 0.191 e. The van der Waals surface area contributed by atoms with Crippen LogP contribution in [0, 0.1) is 0 Å². The van der Waals surface area contributed by atoms with Crippen LogP contribution in [-0.2, 0) is 9.47 Å². The van der Waals surface area contributed by atoms with Gasteiger partial charge in [0.15, 0.2) is 6.29 Å². The van der Waals surface area contributed by atoms with Crippen molar-refractivity contribution in [3.05, 3.63) is 41.4 Å². The van der Waals surface area contributed by atoms with Gasteiger partial charge < -0.3 is 14.2 Å². The van der Waals surface area contributed by atoms with E-state index in [-0.39, 0.29) is 6.29 Å². The van der Waals surface area contributed by atoms with Gasteiger partial charge >= 0.3 is 0 Å². The standard InChI is InChI=1S/C16H19ClO3/c1-3-18-15(19-4-2)11-20-14-10-9-12-7-5-6-8-13(12)16(14)17/h5-10,15H,3-4,11H2,1-2H3. The van der Waals surface area contributed by atoms with Crippen LogP contribution in [0.5, 0.6) is 5.75 Å². The molecule has 4 heteroatoms. The third-order valence-electron chi connectivity index (χ3n) is 2.91.